The van der Waals surface area contributed by atoms with Gasteiger partial charge in [0.1, 0.15) is 25.0 Å². The largest absolute Gasteiger partial charge is 0.632 e. The number of amides is 4. The number of fused-ring (bicyclic) bond motifs is 1. The maximum atomic E-state index is 15.2. The molecule has 0 aromatic heterocycles. The zero-order chi connectivity index (χ0) is 25.4. The highest BCUT2D eigenvalue weighted by Crippen LogP contribution is 2.37. The normalized spacial score (nSPS) is 29.7. The number of halogens is 1. The fourth-order valence-electron chi connectivity index (χ4n) is 5.73. The molecule has 194 valence electrons. The summed E-state index contributed by atoms with van der Waals surface area (Å²) in [4.78, 5) is 50.3. The summed E-state index contributed by atoms with van der Waals surface area (Å²) >= 11 is 0. The van der Waals surface area contributed by atoms with Gasteiger partial charge in [-0.2, -0.15) is 0 Å². The molecule has 2 N–H and O–H groups in total. The lowest BCUT2D eigenvalue weighted by Gasteiger charge is -2.45. The molecule has 5 rings (SSSR count). The fourth-order valence-corrected chi connectivity index (χ4v) is 5.73. The van der Waals surface area contributed by atoms with Crippen LogP contribution in [0.5, 0.6) is 0 Å². The van der Waals surface area contributed by atoms with Crippen molar-refractivity contribution in [3.63, 3.8) is 0 Å². The third kappa shape index (κ3) is 4.81. The van der Waals surface area contributed by atoms with Gasteiger partial charge in [0.2, 0.25) is 11.8 Å². The number of hydrogen-bond acceptors (Lipinski definition) is 6. The molecule has 4 aliphatic rings. The van der Waals surface area contributed by atoms with Crippen molar-refractivity contribution in [2.24, 2.45) is 5.92 Å². The summed E-state index contributed by atoms with van der Waals surface area (Å²) in [5.41, 5.74) is 0.979. The molecule has 1 saturated carbocycles. The number of nitrogens with one attached hydrogen (secondary N) is 2. The lowest BCUT2D eigenvalue weighted by Crippen LogP contribution is -2.58. The summed E-state index contributed by atoms with van der Waals surface area (Å²) in [6.07, 6.45) is 3.43. The summed E-state index contributed by atoms with van der Waals surface area (Å²) in [6.45, 7) is 1.23. The Morgan fingerprint density at radius 1 is 1.17 bits per heavy atom. The number of piperidine rings is 2. The van der Waals surface area contributed by atoms with Crippen LogP contribution in [0.2, 0.25) is 0 Å². The van der Waals surface area contributed by atoms with E-state index < -0.39 is 34.4 Å². The minimum atomic E-state index is -0.959. The average molecular weight is 503 g/mol. The molecule has 36 heavy (non-hydrogen) atoms. The van der Waals surface area contributed by atoms with Crippen molar-refractivity contribution >= 4 is 23.8 Å². The van der Waals surface area contributed by atoms with Gasteiger partial charge in [-0.05, 0) is 32.1 Å². The van der Waals surface area contributed by atoms with Crippen LogP contribution in [0, 0.1) is 16.9 Å². The van der Waals surface area contributed by atoms with E-state index in [0.29, 0.717) is 18.4 Å². The molecule has 1 aromatic rings. The fraction of sp³-hybridized carbons (Fsp3) is 0.600. The summed E-state index contributed by atoms with van der Waals surface area (Å²) < 4.78 is 19.7. The molecule has 0 spiro atoms. The second-order valence-corrected chi connectivity index (χ2v) is 10.3. The number of quaternary nitrogens is 1. The number of hydrogen-bond donors (Lipinski definition) is 2. The van der Waals surface area contributed by atoms with Gasteiger partial charge in [0.15, 0.2) is 6.04 Å². The second kappa shape index (κ2) is 9.78. The number of likely N-dealkylation sites (tertiary alicyclic amines) is 1. The van der Waals surface area contributed by atoms with Crippen molar-refractivity contribution in [3.8, 4) is 0 Å². The van der Waals surface area contributed by atoms with Crippen LogP contribution in [0.1, 0.15) is 61.6 Å². The van der Waals surface area contributed by atoms with Crippen LogP contribution in [-0.2, 0) is 38.8 Å². The van der Waals surface area contributed by atoms with E-state index in [1.54, 1.807) is 6.07 Å². The number of alkyl carbamates (subject to hydrolysis) is 1. The lowest BCUT2D eigenvalue weighted by atomic mass is 9.81. The highest BCUT2D eigenvalue weighted by molar-refractivity contribution is 5.99. The predicted octanol–water partition coefficient (Wildman–Crippen LogP) is 1.98. The van der Waals surface area contributed by atoms with Crippen LogP contribution < -0.4 is 10.6 Å². The van der Waals surface area contributed by atoms with Crippen LogP contribution in [0.4, 0.5) is 9.18 Å². The number of ether oxygens (including phenoxy) is 1. The Bertz CT molecular complexity index is 1080. The third-order valence-electron chi connectivity index (χ3n) is 7.87. The molecule has 1 aromatic carbocycles. The zero-order valence-corrected chi connectivity index (χ0v) is 20.1. The predicted molar refractivity (Wildman–Crippen MR) is 124 cm³/mol. The molecule has 3 fully saturated rings. The number of carbonyl (C=O) groups is 4. The minimum absolute atomic E-state index is 0.0483. The number of imide groups is 1. The Labute approximate surface area is 208 Å². The second-order valence-electron chi connectivity index (χ2n) is 10.3. The molecule has 3 heterocycles. The maximum absolute atomic E-state index is 15.2. The smallest absolute Gasteiger partial charge is 0.407 e. The molecule has 0 bridgehead atoms. The first-order valence-corrected chi connectivity index (χ1v) is 12.7. The van der Waals surface area contributed by atoms with Crippen molar-refractivity contribution < 1.29 is 33.0 Å². The van der Waals surface area contributed by atoms with Gasteiger partial charge in [-0.3, -0.25) is 19.7 Å². The first-order chi connectivity index (χ1) is 17.2. The first kappa shape index (κ1) is 24.6. The Balaban J connectivity index is 1.12. The van der Waals surface area contributed by atoms with E-state index in [9.17, 15) is 24.4 Å². The van der Waals surface area contributed by atoms with Gasteiger partial charge in [0.05, 0.1) is 5.56 Å². The number of carbonyl (C=O) groups excluding carboxylic acids is 4. The van der Waals surface area contributed by atoms with Crippen LogP contribution >= 0.6 is 0 Å². The van der Waals surface area contributed by atoms with E-state index in [1.807, 2.05) is 4.90 Å². The zero-order valence-electron chi connectivity index (χ0n) is 20.1. The molecule has 2 unspecified atom stereocenters. The third-order valence-corrected chi connectivity index (χ3v) is 7.87. The van der Waals surface area contributed by atoms with Gasteiger partial charge in [-0.25, -0.2) is 9.18 Å². The molecule has 3 aliphatic heterocycles. The van der Waals surface area contributed by atoms with Crippen molar-refractivity contribution in [1.29, 1.82) is 0 Å². The Hall–Kier alpha value is -3.05. The standard InChI is InChI=1S/C25H31FN4O6/c26-22-15(4-5-16-13-30(35,14-19(16)22)20-6-7-21(31)28-23(20)32)12-27-25(34)36-18-10-17(11-18)24(33)29-8-2-1-3-9-29/h4-5,17-18,20H,1-3,6-14H2,(H,27,34)(H,28,31,32). The quantitative estimate of drug-likeness (QED) is 0.360. The number of rotatable bonds is 5. The highest BCUT2D eigenvalue weighted by Gasteiger charge is 2.44. The van der Waals surface area contributed by atoms with Crippen molar-refractivity contribution in [3.05, 3.63) is 39.8 Å². The number of hydroxylamine groups is 3. The van der Waals surface area contributed by atoms with Gasteiger partial charge in [0.25, 0.3) is 5.91 Å². The Morgan fingerprint density at radius 3 is 2.64 bits per heavy atom. The minimum Gasteiger partial charge on any atom is -0.632 e. The van der Waals surface area contributed by atoms with E-state index in [2.05, 4.69) is 10.6 Å². The van der Waals surface area contributed by atoms with Crippen molar-refractivity contribution in [1.82, 2.24) is 15.5 Å². The molecule has 2 atom stereocenters. The van der Waals surface area contributed by atoms with E-state index >= 15 is 4.39 Å². The molecular weight excluding hydrogens is 471 g/mol. The molecule has 11 heteroatoms. The van der Waals surface area contributed by atoms with E-state index in [-0.39, 0.29) is 61.5 Å². The summed E-state index contributed by atoms with van der Waals surface area (Å²) in [5, 5.41) is 18.1. The molecule has 10 nitrogen and oxygen atoms in total. The van der Waals surface area contributed by atoms with E-state index in [0.717, 1.165) is 32.4 Å². The molecular formula is C25H31FN4O6. The van der Waals surface area contributed by atoms with Gasteiger partial charge in [0, 0.05) is 49.5 Å². The summed E-state index contributed by atoms with van der Waals surface area (Å²) in [6, 6.07) is 2.21. The van der Waals surface area contributed by atoms with Crippen molar-refractivity contribution in [2.75, 3.05) is 13.1 Å². The van der Waals surface area contributed by atoms with Crippen LogP contribution in [0.3, 0.4) is 0 Å². The van der Waals surface area contributed by atoms with Gasteiger partial charge in [-0.15, -0.1) is 0 Å². The van der Waals surface area contributed by atoms with Gasteiger partial charge in [-0.1, -0.05) is 12.1 Å². The lowest BCUT2D eigenvalue weighted by molar-refractivity contribution is -0.916. The average Bonchev–Trinajstić information content (AvgIpc) is 3.19. The van der Waals surface area contributed by atoms with Crippen LogP contribution in [0.15, 0.2) is 12.1 Å². The molecule has 1 aliphatic carbocycles. The molecule has 4 amide bonds. The number of benzene rings is 1. The van der Waals surface area contributed by atoms with E-state index in [1.165, 1.54) is 6.07 Å². The maximum Gasteiger partial charge on any atom is 0.407 e. The van der Waals surface area contributed by atoms with Gasteiger partial charge >= 0.3 is 6.09 Å². The highest BCUT2D eigenvalue weighted by atomic mass is 19.1. The summed E-state index contributed by atoms with van der Waals surface area (Å²) in [7, 11) is 0. The SMILES string of the molecule is O=C1CCC([N+]2([O-])Cc3ccc(CNC(=O)OC4CC(C(=O)N5CCCCC5)C4)c(F)c3C2)C(=O)N1. The monoisotopic (exact) mass is 502 g/mol. The summed E-state index contributed by atoms with van der Waals surface area (Å²) in [5.74, 6) is -1.57. The van der Waals surface area contributed by atoms with Crippen molar-refractivity contribution in [2.45, 2.75) is 76.7 Å². The first-order valence-electron chi connectivity index (χ1n) is 12.7. The topological polar surface area (TPSA) is 128 Å². The van der Waals surface area contributed by atoms with E-state index in [4.69, 9.17) is 4.74 Å². The van der Waals surface area contributed by atoms with Gasteiger partial charge < -0.3 is 24.8 Å². The van der Waals surface area contributed by atoms with Crippen LogP contribution in [0.25, 0.3) is 0 Å². The molecule has 0 radical (unpaired) electrons. The molecule has 2 saturated heterocycles. The Kier molecular flexibility index (Phi) is 6.69. The number of nitrogens with zero attached hydrogens (tertiary/aromatic N) is 2. The Morgan fingerprint density at radius 2 is 1.92 bits per heavy atom. The van der Waals surface area contributed by atoms with Crippen LogP contribution in [-0.4, -0.2) is 58.6 Å².